The van der Waals surface area contributed by atoms with E-state index in [1.165, 1.54) is 83.1 Å². The molecule has 2 unspecified atom stereocenters. The Hall–Kier alpha value is -1.62. The maximum atomic E-state index is 11.7. The third kappa shape index (κ3) is 11.6. The zero-order valence-corrected chi connectivity index (χ0v) is 22.8. The highest BCUT2D eigenvalue weighted by atomic mass is 16.5. The van der Waals surface area contributed by atoms with Crippen molar-refractivity contribution < 1.29 is 24.2 Å². The van der Waals surface area contributed by atoms with Gasteiger partial charge in [-0.3, -0.25) is 0 Å². The monoisotopic (exact) mass is 504 g/mol. The molecule has 2 rings (SSSR count). The van der Waals surface area contributed by atoms with Crippen molar-refractivity contribution in [2.45, 2.75) is 103 Å². The maximum absolute atomic E-state index is 11.7. The van der Waals surface area contributed by atoms with E-state index in [0.29, 0.717) is 18.9 Å². The molecule has 0 amide bonds. The lowest BCUT2D eigenvalue weighted by Gasteiger charge is -2.38. The second-order valence-corrected chi connectivity index (χ2v) is 11.4. The number of carbonyl (C=O) groups is 2. The van der Waals surface area contributed by atoms with Crippen molar-refractivity contribution in [3.05, 3.63) is 25.3 Å². The summed E-state index contributed by atoms with van der Waals surface area (Å²) in [5.74, 6) is 2.81. The summed E-state index contributed by atoms with van der Waals surface area (Å²) in [6, 6.07) is 0. The van der Waals surface area contributed by atoms with E-state index >= 15 is 0 Å². The summed E-state index contributed by atoms with van der Waals surface area (Å²) in [4.78, 5) is 23.3. The molecule has 0 aliphatic heterocycles. The number of hydrogen-bond acceptors (Lipinski definition) is 5. The Morgan fingerprint density at radius 1 is 0.833 bits per heavy atom. The molecular weight excluding hydrogens is 452 g/mol. The van der Waals surface area contributed by atoms with Crippen molar-refractivity contribution in [3.8, 4) is 0 Å². The highest BCUT2D eigenvalue weighted by Crippen LogP contribution is 2.43. The molecule has 1 N–H and O–H groups in total. The van der Waals surface area contributed by atoms with Crippen LogP contribution in [0.2, 0.25) is 0 Å². The van der Waals surface area contributed by atoms with E-state index in [-0.39, 0.29) is 25.0 Å². The molecule has 2 aliphatic carbocycles. The van der Waals surface area contributed by atoms with Gasteiger partial charge in [-0.1, -0.05) is 71.4 Å². The molecule has 2 aliphatic rings. The topological polar surface area (TPSA) is 72.8 Å². The molecule has 0 bridgehead atoms. The van der Waals surface area contributed by atoms with Gasteiger partial charge in [0, 0.05) is 18.8 Å². The Labute approximate surface area is 220 Å². The van der Waals surface area contributed by atoms with Gasteiger partial charge in [-0.2, -0.15) is 0 Å². The molecule has 0 saturated heterocycles. The van der Waals surface area contributed by atoms with Gasteiger partial charge in [0.05, 0.1) is 13.2 Å². The maximum Gasteiger partial charge on any atom is 0.330 e. The summed E-state index contributed by atoms with van der Waals surface area (Å²) in [7, 11) is 0. The van der Waals surface area contributed by atoms with Gasteiger partial charge in [-0.15, -0.1) is 0 Å². The van der Waals surface area contributed by atoms with Crippen LogP contribution in [-0.2, 0) is 19.1 Å². The minimum Gasteiger partial charge on any atom is -0.462 e. The SMILES string of the molecule is C=CC(=O)OCC(CCO)CC(COC(=O)C=C)CC1CCC(C2CCC(CCCCC)CC2)CC1. The number of aliphatic hydroxyl groups excluding tert-OH is 1. The Bertz CT molecular complexity index is 643. The van der Waals surface area contributed by atoms with E-state index in [2.05, 4.69) is 20.1 Å². The van der Waals surface area contributed by atoms with Crippen LogP contribution in [0.3, 0.4) is 0 Å². The molecule has 0 spiro atoms. The fourth-order valence-corrected chi connectivity index (χ4v) is 6.67. The molecule has 0 heterocycles. The van der Waals surface area contributed by atoms with Crippen molar-refractivity contribution in [1.29, 1.82) is 0 Å². The molecule has 2 saturated carbocycles. The van der Waals surface area contributed by atoms with Gasteiger partial charge in [0.15, 0.2) is 0 Å². The van der Waals surface area contributed by atoms with Crippen molar-refractivity contribution >= 4 is 11.9 Å². The summed E-state index contributed by atoms with van der Waals surface area (Å²) in [5, 5.41) is 9.51. The summed E-state index contributed by atoms with van der Waals surface area (Å²) < 4.78 is 10.7. The number of ether oxygens (including phenoxy) is 2. The third-order valence-electron chi connectivity index (χ3n) is 8.79. The van der Waals surface area contributed by atoms with Gasteiger partial charge < -0.3 is 14.6 Å². The van der Waals surface area contributed by atoms with Crippen LogP contribution in [0.4, 0.5) is 0 Å². The highest BCUT2D eigenvalue weighted by molar-refractivity contribution is 5.81. The normalized spacial score (nSPS) is 25.9. The fourth-order valence-electron chi connectivity index (χ4n) is 6.67. The molecule has 2 atom stereocenters. The molecule has 2 fully saturated rings. The van der Waals surface area contributed by atoms with Gasteiger partial charge in [0.1, 0.15) is 0 Å². The Morgan fingerprint density at radius 3 is 1.86 bits per heavy atom. The predicted octanol–water partition coefficient (Wildman–Crippen LogP) is 7.03. The highest BCUT2D eigenvalue weighted by Gasteiger charge is 2.32. The van der Waals surface area contributed by atoms with Crippen molar-refractivity contribution in [2.75, 3.05) is 19.8 Å². The molecule has 0 aromatic heterocycles. The van der Waals surface area contributed by atoms with Gasteiger partial charge in [-0.05, 0) is 80.5 Å². The van der Waals surface area contributed by atoms with Crippen LogP contribution >= 0.6 is 0 Å². The van der Waals surface area contributed by atoms with E-state index < -0.39 is 11.9 Å². The molecule has 206 valence electrons. The third-order valence-corrected chi connectivity index (χ3v) is 8.79. The second kappa shape index (κ2) is 17.8. The van der Waals surface area contributed by atoms with E-state index in [0.717, 1.165) is 36.7 Å². The predicted molar refractivity (Wildman–Crippen MR) is 145 cm³/mol. The lowest BCUT2D eigenvalue weighted by molar-refractivity contribution is -0.140. The van der Waals surface area contributed by atoms with Gasteiger partial charge >= 0.3 is 11.9 Å². The molecule has 5 nitrogen and oxygen atoms in total. The largest absolute Gasteiger partial charge is 0.462 e. The van der Waals surface area contributed by atoms with Gasteiger partial charge in [0.2, 0.25) is 0 Å². The molecular formula is C31H52O5. The standard InChI is InChI=1S/C31H52O5/c1-4-7-8-9-24-10-14-28(15-11-24)29-16-12-25(13-17-29)20-27(23-36-31(34)6-3)21-26(18-19-32)22-35-30(33)5-2/h5-6,24-29,32H,2-4,7-23H2,1H3. The zero-order chi connectivity index (χ0) is 26.2. The van der Waals surface area contributed by atoms with Gasteiger partial charge in [0.25, 0.3) is 0 Å². The van der Waals surface area contributed by atoms with Crippen molar-refractivity contribution in [1.82, 2.24) is 0 Å². The Morgan fingerprint density at radius 2 is 1.36 bits per heavy atom. The van der Waals surface area contributed by atoms with Crippen LogP contribution in [0, 0.1) is 35.5 Å². The average Bonchev–Trinajstić information content (AvgIpc) is 2.91. The van der Waals surface area contributed by atoms with Crippen LogP contribution in [0.5, 0.6) is 0 Å². The summed E-state index contributed by atoms with van der Waals surface area (Å²) in [6.07, 6.45) is 21.2. The molecule has 0 aromatic rings. The van der Waals surface area contributed by atoms with E-state index in [1.54, 1.807) is 0 Å². The number of hydrogen-bond donors (Lipinski definition) is 1. The van der Waals surface area contributed by atoms with Crippen LogP contribution in [-0.4, -0.2) is 36.9 Å². The lowest BCUT2D eigenvalue weighted by Crippen LogP contribution is -2.28. The average molecular weight is 505 g/mol. The van der Waals surface area contributed by atoms with E-state index in [9.17, 15) is 14.7 Å². The van der Waals surface area contributed by atoms with Crippen molar-refractivity contribution in [3.63, 3.8) is 0 Å². The minimum absolute atomic E-state index is 0.0372. The molecule has 0 radical (unpaired) electrons. The summed E-state index contributed by atoms with van der Waals surface area (Å²) >= 11 is 0. The van der Waals surface area contributed by atoms with Gasteiger partial charge in [-0.25, -0.2) is 9.59 Å². The number of esters is 2. The van der Waals surface area contributed by atoms with Crippen LogP contribution < -0.4 is 0 Å². The van der Waals surface area contributed by atoms with Crippen LogP contribution in [0.25, 0.3) is 0 Å². The fraction of sp³-hybridized carbons (Fsp3) is 0.806. The van der Waals surface area contributed by atoms with E-state index in [1.807, 2.05) is 0 Å². The molecule has 0 aromatic carbocycles. The first-order chi connectivity index (χ1) is 17.5. The molecule has 36 heavy (non-hydrogen) atoms. The Balaban J connectivity index is 1.82. The minimum atomic E-state index is -0.444. The lowest BCUT2D eigenvalue weighted by atomic mass is 9.67. The van der Waals surface area contributed by atoms with E-state index in [4.69, 9.17) is 9.47 Å². The Kier molecular flexibility index (Phi) is 15.1. The summed E-state index contributed by atoms with van der Waals surface area (Å²) in [6.45, 7) is 9.89. The van der Waals surface area contributed by atoms with Crippen LogP contribution in [0.1, 0.15) is 103 Å². The smallest absolute Gasteiger partial charge is 0.330 e. The number of unbranched alkanes of at least 4 members (excludes halogenated alkanes) is 2. The number of aliphatic hydroxyl groups is 1. The zero-order valence-electron chi connectivity index (χ0n) is 22.8. The number of rotatable bonds is 17. The first-order valence-electron chi connectivity index (χ1n) is 14.7. The second-order valence-electron chi connectivity index (χ2n) is 11.4. The van der Waals surface area contributed by atoms with Crippen molar-refractivity contribution in [2.24, 2.45) is 35.5 Å². The first kappa shape index (κ1) is 30.6. The van der Waals surface area contributed by atoms with Crippen LogP contribution in [0.15, 0.2) is 25.3 Å². The molecule has 5 heteroatoms. The quantitative estimate of drug-likeness (QED) is 0.131. The first-order valence-corrected chi connectivity index (χ1v) is 14.7. The summed E-state index contributed by atoms with van der Waals surface area (Å²) in [5.41, 5.74) is 0. The number of carbonyl (C=O) groups excluding carboxylic acids is 2.